The molecule has 18 heavy (non-hydrogen) atoms. The number of allylic oxidation sites excluding steroid dienone is 3. The van der Waals surface area contributed by atoms with Crippen molar-refractivity contribution in [3.05, 3.63) is 70.9 Å². The second-order valence-corrected chi connectivity index (χ2v) is 4.47. The first-order chi connectivity index (χ1) is 8.58. The molecule has 0 saturated carbocycles. The van der Waals surface area contributed by atoms with E-state index >= 15 is 0 Å². The van der Waals surface area contributed by atoms with Crippen LogP contribution in [-0.2, 0) is 0 Å². The Balaban J connectivity index is 2.69. The summed E-state index contributed by atoms with van der Waals surface area (Å²) in [6, 6.07) is 7.32. The molecule has 0 aromatic heterocycles. The number of aryl methyl sites for hydroxylation is 1. The normalized spacial score (nSPS) is 11.2. The number of benzene rings is 1. The Morgan fingerprint density at radius 2 is 1.78 bits per heavy atom. The van der Waals surface area contributed by atoms with Crippen molar-refractivity contribution in [1.29, 1.82) is 0 Å². The van der Waals surface area contributed by atoms with Crippen LogP contribution in [0.2, 0.25) is 0 Å². The smallest absolute Gasteiger partial charge is 0.269 e. The number of carbonyl (C=O) groups excluding carboxylic acids is 1. The second-order valence-electron chi connectivity index (χ2n) is 3.62. The monoisotopic (exact) mass is 306 g/mol. The molecule has 0 aliphatic heterocycles. The van der Waals surface area contributed by atoms with Crippen LogP contribution in [-0.4, -0.2) is 5.91 Å². The van der Waals surface area contributed by atoms with E-state index in [-0.39, 0.29) is 5.91 Å². The fourth-order valence-electron chi connectivity index (χ4n) is 1.22. The number of hydrazine groups is 1. The van der Waals surface area contributed by atoms with E-state index in [0.29, 0.717) is 11.3 Å². The predicted molar refractivity (Wildman–Crippen MR) is 78.1 cm³/mol. The minimum atomic E-state index is -0.210. The summed E-state index contributed by atoms with van der Waals surface area (Å²) in [6.07, 6.45) is 3.20. The lowest BCUT2D eigenvalue weighted by molar-refractivity contribution is 0.0939. The minimum Gasteiger partial charge on any atom is -0.297 e. The van der Waals surface area contributed by atoms with Crippen molar-refractivity contribution in [2.24, 2.45) is 0 Å². The minimum absolute atomic E-state index is 0.210. The van der Waals surface area contributed by atoms with Crippen LogP contribution in [0.15, 0.2) is 59.8 Å². The van der Waals surface area contributed by atoms with E-state index in [2.05, 4.69) is 39.9 Å². The third kappa shape index (κ3) is 3.89. The molecule has 0 fully saturated rings. The van der Waals surface area contributed by atoms with Crippen molar-refractivity contribution >= 4 is 21.8 Å². The molecule has 0 unspecified atom stereocenters. The summed E-state index contributed by atoms with van der Waals surface area (Å²) in [6.45, 7) is 9.23. The molecule has 94 valence electrons. The van der Waals surface area contributed by atoms with E-state index in [0.717, 1.165) is 10.0 Å². The maximum atomic E-state index is 11.8. The van der Waals surface area contributed by atoms with Crippen molar-refractivity contribution in [2.75, 3.05) is 0 Å². The number of amides is 1. The largest absolute Gasteiger partial charge is 0.297 e. The SMILES string of the molecule is C=C/C(Br)=C(\C=C)NNC(=O)c1ccc(C)cc1. The van der Waals surface area contributed by atoms with E-state index in [9.17, 15) is 4.79 Å². The highest BCUT2D eigenvalue weighted by molar-refractivity contribution is 9.11. The molecule has 1 aromatic rings. The summed E-state index contributed by atoms with van der Waals surface area (Å²) in [5.74, 6) is -0.210. The quantitative estimate of drug-likeness (QED) is 0.648. The Bertz CT molecular complexity index is 489. The van der Waals surface area contributed by atoms with Crippen LogP contribution in [0.1, 0.15) is 15.9 Å². The molecule has 1 aromatic carbocycles. The summed E-state index contributed by atoms with van der Waals surface area (Å²) in [5, 5.41) is 0. The van der Waals surface area contributed by atoms with Crippen LogP contribution in [0.5, 0.6) is 0 Å². The van der Waals surface area contributed by atoms with Gasteiger partial charge in [-0.05, 0) is 41.1 Å². The molecule has 0 bridgehead atoms. The number of rotatable bonds is 5. The van der Waals surface area contributed by atoms with Gasteiger partial charge >= 0.3 is 0 Å². The van der Waals surface area contributed by atoms with Gasteiger partial charge in [0.1, 0.15) is 0 Å². The van der Waals surface area contributed by atoms with E-state index in [4.69, 9.17) is 0 Å². The molecule has 2 N–H and O–H groups in total. The van der Waals surface area contributed by atoms with Crippen molar-refractivity contribution in [3.8, 4) is 0 Å². The van der Waals surface area contributed by atoms with Gasteiger partial charge in [-0.15, -0.1) is 0 Å². The summed E-state index contributed by atoms with van der Waals surface area (Å²) in [5.41, 5.74) is 7.71. The van der Waals surface area contributed by atoms with Gasteiger partial charge in [-0.2, -0.15) is 0 Å². The topological polar surface area (TPSA) is 41.1 Å². The van der Waals surface area contributed by atoms with Gasteiger partial charge in [-0.3, -0.25) is 15.6 Å². The Kier molecular flexibility index (Phi) is 5.39. The average molecular weight is 307 g/mol. The lowest BCUT2D eigenvalue weighted by Gasteiger charge is -2.10. The van der Waals surface area contributed by atoms with Gasteiger partial charge in [0.25, 0.3) is 5.91 Å². The number of carbonyl (C=O) groups is 1. The van der Waals surface area contributed by atoms with Gasteiger partial charge in [-0.25, -0.2) is 0 Å². The van der Waals surface area contributed by atoms with Crippen LogP contribution in [0.4, 0.5) is 0 Å². The third-order valence-electron chi connectivity index (χ3n) is 2.27. The number of nitrogens with one attached hydrogen (secondary N) is 2. The molecular weight excluding hydrogens is 292 g/mol. The van der Waals surface area contributed by atoms with E-state index in [1.54, 1.807) is 24.3 Å². The van der Waals surface area contributed by atoms with Crippen molar-refractivity contribution in [1.82, 2.24) is 10.9 Å². The maximum Gasteiger partial charge on any atom is 0.269 e. The van der Waals surface area contributed by atoms with Gasteiger partial charge in [0.2, 0.25) is 0 Å². The first-order valence-corrected chi connectivity index (χ1v) is 6.15. The fraction of sp³-hybridized carbons (Fsp3) is 0.0714. The molecular formula is C14H15BrN2O. The maximum absolute atomic E-state index is 11.8. The lowest BCUT2D eigenvalue weighted by Crippen LogP contribution is -2.36. The zero-order chi connectivity index (χ0) is 13.5. The molecule has 3 nitrogen and oxygen atoms in total. The molecule has 0 saturated heterocycles. The zero-order valence-electron chi connectivity index (χ0n) is 10.2. The Morgan fingerprint density at radius 3 is 2.28 bits per heavy atom. The highest BCUT2D eigenvalue weighted by Crippen LogP contribution is 2.10. The lowest BCUT2D eigenvalue weighted by atomic mass is 10.1. The van der Waals surface area contributed by atoms with E-state index in [1.165, 1.54) is 0 Å². The van der Waals surface area contributed by atoms with Crippen molar-refractivity contribution in [3.63, 3.8) is 0 Å². The molecule has 1 amide bonds. The van der Waals surface area contributed by atoms with E-state index < -0.39 is 0 Å². The van der Waals surface area contributed by atoms with Gasteiger partial charge in [-0.1, -0.05) is 36.9 Å². The summed E-state index contributed by atoms with van der Waals surface area (Å²) in [4.78, 5) is 11.8. The van der Waals surface area contributed by atoms with Crippen molar-refractivity contribution in [2.45, 2.75) is 6.92 Å². The molecule has 0 heterocycles. The fourth-order valence-corrected chi connectivity index (χ4v) is 1.48. The first kappa shape index (κ1) is 14.3. The highest BCUT2D eigenvalue weighted by Gasteiger charge is 2.05. The molecule has 0 spiro atoms. The van der Waals surface area contributed by atoms with Crippen LogP contribution in [0, 0.1) is 6.92 Å². The van der Waals surface area contributed by atoms with Crippen LogP contribution in [0.3, 0.4) is 0 Å². The molecule has 0 atom stereocenters. The molecule has 0 aliphatic rings. The molecule has 4 heteroatoms. The van der Waals surface area contributed by atoms with E-state index in [1.807, 2.05) is 19.1 Å². The van der Waals surface area contributed by atoms with Gasteiger partial charge < -0.3 is 0 Å². The van der Waals surface area contributed by atoms with Crippen LogP contribution >= 0.6 is 15.9 Å². The predicted octanol–water partition coefficient (Wildman–Crippen LogP) is 3.21. The number of hydrogen-bond acceptors (Lipinski definition) is 2. The summed E-state index contributed by atoms with van der Waals surface area (Å²) >= 11 is 3.30. The standard InChI is InChI=1S/C14H15BrN2O/c1-4-12(15)13(5-2)16-17-14(18)11-8-6-10(3)7-9-11/h4-9,16H,1-2H2,3H3,(H,17,18)/b13-12-. The second kappa shape index (κ2) is 6.81. The number of hydrogen-bond donors (Lipinski definition) is 2. The van der Waals surface area contributed by atoms with Gasteiger partial charge in [0.15, 0.2) is 0 Å². The Hall–Kier alpha value is -1.81. The highest BCUT2D eigenvalue weighted by atomic mass is 79.9. The van der Waals surface area contributed by atoms with Crippen molar-refractivity contribution < 1.29 is 4.79 Å². The molecule has 0 aliphatic carbocycles. The third-order valence-corrected chi connectivity index (χ3v) is 3.02. The van der Waals surface area contributed by atoms with Crippen LogP contribution in [0.25, 0.3) is 0 Å². The zero-order valence-corrected chi connectivity index (χ0v) is 11.8. The Morgan fingerprint density at radius 1 is 1.17 bits per heavy atom. The van der Waals surface area contributed by atoms with Gasteiger partial charge in [0, 0.05) is 10.0 Å². The first-order valence-electron chi connectivity index (χ1n) is 5.36. The summed E-state index contributed by atoms with van der Waals surface area (Å²) < 4.78 is 0.724. The molecule has 0 radical (unpaired) electrons. The summed E-state index contributed by atoms with van der Waals surface area (Å²) in [7, 11) is 0. The molecule has 1 rings (SSSR count). The number of halogens is 1. The van der Waals surface area contributed by atoms with Gasteiger partial charge in [0.05, 0.1) is 5.70 Å². The Labute approximate surface area is 115 Å². The van der Waals surface area contributed by atoms with Crippen LogP contribution < -0.4 is 10.9 Å². The average Bonchev–Trinajstić information content (AvgIpc) is 2.39.